The van der Waals surface area contributed by atoms with Gasteiger partial charge < -0.3 is 15.2 Å². The molecule has 1 amide bonds. The number of H-pyrrole nitrogens is 1. The highest BCUT2D eigenvalue weighted by Gasteiger charge is 2.23. The van der Waals surface area contributed by atoms with Gasteiger partial charge in [-0.3, -0.25) is 9.59 Å². The molecule has 1 unspecified atom stereocenters. The molecule has 27 heavy (non-hydrogen) atoms. The van der Waals surface area contributed by atoms with Gasteiger partial charge in [-0.05, 0) is 43.5 Å². The molecule has 140 valence electrons. The minimum atomic E-state index is -0.141. The summed E-state index contributed by atoms with van der Waals surface area (Å²) in [5, 5.41) is 5.90. The Balaban J connectivity index is 1.86. The van der Waals surface area contributed by atoms with Crippen molar-refractivity contribution in [1.29, 1.82) is 0 Å². The molecule has 0 radical (unpaired) electrons. The monoisotopic (exact) mass is 428 g/mol. The van der Waals surface area contributed by atoms with E-state index in [1.165, 1.54) is 0 Å². The Morgan fingerprint density at radius 3 is 2.96 bits per heavy atom. The topological polar surface area (TPSA) is 78.1 Å². The first-order valence-corrected chi connectivity index (χ1v) is 9.86. The van der Waals surface area contributed by atoms with E-state index in [1.54, 1.807) is 13.1 Å². The van der Waals surface area contributed by atoms with E-state index in [0.29, 0.717) is 17.4 Å². The van der Waals surface area contributed by atoms with E-state index >= 15 is 0 Å². The van der Waals surface area contributed by atoms with Crippen molar-refractivity contribution in [3.63, 3.8) is 0 Å². The number of aryl methyl sites for hydroxylation is 1. The highest BCUT2D eigenvalue weighted by atomic mass is 79.9. The summed E-state index contributed by atoms with van der Waals surface area (Å²) >= 11 is 3.51. The van der Waals surface area contributed by atoms with E-state index in [-0.39, 0.29) is 17.5 Å². The molecule has 1 fully saturated rings. The second kappa shape index (κ2) is 6.96. The number of nitrogens with one attached hydrogen (secondary N) is 2. The molecule has 6 nitrogen and oxygen atoms in total. The Morgan fingerprint density at radius 1 is 1.37 bits per heavy atom. The molecule has 1 aliphatic rings. The number of halogens is 1. The van der Waals surface area contributed by atoms with Crippen LogP contribution in [-0.4, -0.2) is 39.9 Å². The van der Waals surface area contributed by atoms with Gasteiger partial charge in [0.2, 0.25) is 5.91 Å². The van der Waals surface area contributed by atoms with Gasteiger partial charge >= 0.3 is 0 Å². The maximum Gasteiger partial charge on any atom is 0.258 e. The zero-order chi connectivity index (χ0) is 19.1. The Hall–Kier alpha value is -2.41. The third-order valence-corrected chi connectivity index (χ3v) is 5.69. The lowest BCUT2D eigenvalue weighted by atomic mass is 10.0. The summed E-state index contributed by atoms with van der Waals surface area (Å²) < 4.78 is 0.912. The fourth-order valence-corrected chi connectivity index (χ4v) is 4.16. The fourth-order valence-electron chi connectivity index (χ4n) is 3.80. The van der Waals surface area contributed by atoms with Crippen molar-refractivity contribution >= 4 is 49.3 Å². The summed E-state index contributed by atoms with van der Waals surface area (Å²) in [6.45, 7) is 5.03. The van der Waals surface area contributed by atoms with Crippen LogP contribution in [0.1, 0.15) is 25.3 Å². The van der Waals surface area contributed by atoms with E-state index < -0.39 is 0 Å². The van der Waals surface area contributed by atoms with E-state index in [0.717, 1.165) is 46.0 Å². The average Bonchev–Trinajstić information content (AvgIpc) is 2.64. The molecule has 0 bridgehead atoms. The van der Waals surface area contributed by atoms with Crippen LogP contribution in [0.4, 0.5) is 5.82 Å². The number of likely N-dealkylation sites (tertiary alicyclic amines) is 1. The van der Waals surface area contributed by atoms with Crippen LogP contribution in [-0.2, 0) is 4.79 Å². The number of rotatable bonds is 2. The predicted molar refractivity (Wildman–Crippen MR) is 111 cm³/mol. The number of amides is 1. The van der Waals surface area contributed by atoms with Crippen LogP contribution in [0, 0.1) is 6.92 Å². The van der Waals surface area contributed by atoms with Gasteiger partial charge in [0.05, 0.1) is 10.9 Å². The summed E-state index contributed by atoms with van der Waals surface area (Å²) in [7, 11) is 0. The molecule has 2 aromatic heterocycles. The zero-order valence-corrected chi connectivity index (χ0v) is 16.9. The second-order valence-corrected chi connectivity index (χ2v) is 8.04. The van der Waals surface area contributed by atoms with Crippen LogP contribution in [0.25, 0.3) is 21.7 Å². The van der Waals surface area contributed by atoms with E-state index in [4.69, 9.17) is 4.98 Å². The molecule has 3 heterocycles. The van der Waals surface area contributed by atoms with Crippen LogP contribution in [0.2, 0.25) is 0 Å². The number of aromatic nitrogens is 2. The van der Waals surface area contributed by atoms with Gasteiger partial charge in [-0.15, -0.1) is 0 Å². The molecule has 3 aromatic rings. The standard InChI is InChI=1S/C20H21BrN4O2/c1-11-9-22-20(27)17-16-8-13(21)5-6-15(16)19(24-18(11)17)23-14-4-3-7-25(10-14)12(2)26/h5-6,8-9,14H,3-4,7,10H2,1-2H3,(H,22,27)(H,23,24). The van der Waals surface area contributed by atoms with Gasteiger partial charge in [0.25, 0.3) is 5.56 Å². The number of carbonyl (C=O) groups excluding carboxylic acids is 1. The van der Waals surface area contributed by atoms with E-state index in [2.05, 4.69) is 26.2 Å². The SMILES string of the molecule is CC(=O)N1CCCC(Nc2nc3c(C)c[nH]c(=O)c3c3cc(Br)ccc23)C1. The third kappa shape index (κ3) is 3.32. The van der Waals surface area contributed by atoms with Gasteiger partial charge in [-0.2, -0.15) is 0 Å². The van der Waals surface area contributed by atoms with Crippen LogP contribution in [0.15, 0.2) is 33.7 Å². The van der Waals surface area contributed by atoms with Crippen molar-refractivity contribution in [3.8, 4) is 0 Å². The van der Waals surface area contributed by atoms with E-state index in [9.17, 15) is 9.59 Å². The summed E-state index contributed by atoms with van der Waals surface area (Å²) in [6, 6.07) is 6.03. The van der Waals surface area contributed by atoms with Gasteiger partial charge in [-0.1, -0.05) is 15.9 Å². The first-order chi connectivity index (χ1) is 12.9. The number of hydrogen-bond donors (Lipinski definition) is 2. The van der Waals surface area contributed by atoms with Crippen molar-refractivity contribution < 1.29 is 4.79 Å². The average molecular weight is 429 g/mol. The number of aromatic amines is 1. The summed E-state index contributed by atoms with van der Waals surface area (Å²) in [5.74, 6) is 0.859. The second-order valence-electron chi connectivity index (χ2n) is 7.12. The maximum absolute atomic E-state index is 12.5. The molecule has 1 atom stereocenters. The number of fused-ring (bicyclic) bond motifs is 3. The van der Waals surface area contributed by atoms with Gasteiger partial charge in [-0.25, -0.2) is 4.98 Å². The fraction of sp³-hybridized carbons (Fsp3) is 0.350. The quantitative estimate of drug-likeness (QED) is 0.611. The van der Waals surface area contributed by atoms with Crippen molar-refractivity contribution in [1.82, 2.24) is 14.9 Å². The van der Waals surface area contributed by atoms with Crippen molar-refractivity contribution in [3.05, 3.63) is 44.8 Å². The first-order valence-electron chi connectivity index (χ1n) is 9.07. The summed E-state index contributed by atoms with van der Waals surface area (Å²) in [5.41, 5.74) is 1.48. The molecule has 1 aromatic carbocycles. The highest BCUT2D eigenvalue weighted by Crippen LogP contribution is 2.31. The molecule has 7 heteroatoms. The van der Waals surface area contributed by atoms with Crippen molar-refractivity contribution in [2.45, 2.75) is 32.7 Å². The Morgan fingerprint density at radius 2 is 2.19 bits per heavy atom. The van der Waals surface area contributed by atoms with Crippen LogP contribution in [0.5, 0.6) is 0 Å². The van der Waals surface area contributed by atoms with Crippen LogP contribution < -0.4 is 10.9 Å². The smallest absolute Gasteiger partial charge is 0.258 e. The van der Waals surface area contributed by atoms with Crippen molar-refractivity contribution in [2.75, 3.05) is 18.4 Å². The first kappa shape index (κ1) is 18.0. The van der Waals surface area contributed by atoms with Gasteiger partial charge in [0.1, 0.15) is 5.82 Å². The minimum absolute atomic E-state index is 0.101. The van der Waals surface area contributed by atoms with Crippen LogP contribution >= 0.6 is 15.9 Å². The number of carbonyl (C=O) groups is 1. The lowest BCUT2D eigenvalue weighted by molar-refractivity contribution is -0.129. The highest BCUT2D eigenvalue weighted by molar-refractivity contribution is 9.10. The number of piperidine rings is 1. The maximum atomic E-state index is 12.5. The third-order valence-electron chi connectivity index (χ3n) is 5.19. The molecular formula is C20H21BrN4O2. The minimum Gasteiger partial charge on any atom is -0.365 e. The zero-order valence-electron chi connectivity index (χ0n) is 15.3. The molecular weight excluding hydrogens is 408 g/mol. The largest absolute Gasteiger partial charge is 0.365 e. The van der Waals surface area contributed by atoms with E-state index in [1.807, 2.05) is 30.0 Å². The van der Waals surface area contributed by atoms with Crippen molar-refractivity contribution in [2.24, 2.45) is 0 Å². The Bertz CT molecular complexity index is 1110. The van der Waals surface area contributed by atoms with Gasteiger partial charge in [0.15, 0.2) is 0 Å². The Labute approximate surface area is 165 Å². The Kier molecular flexibility index (Phi) is 4.63. The van der Waals surface area contributed by atoms with Crippen LogP contribution in [0.3, 0.4) is 0 Å². The molecule has 1 aliphatic heterocycles. The normalized spacial score (nSPS) is 17.4. The molecule has 1 saturated heterocycles. The number of anilines is 1. The number of nitrogens with zero attached hydrogens (tertiary/aromatic N) is 2. The number of hydrogen-bond acceptors (Lipinski definition) is 4. The number of pyridine rings is 2. The lowest BCUT2D eigenvalue weighted by Crippen LogP contribution is -2.44. The molecule has 0 spiro atoms. The summed E-state index contributed by atoms with van der Waals surface area (Å²) in [4.78, 5) is 33.7. The predicted octanol–water partition coefficient (Wildman–Crippen LogP) is 3.57. The number of benzene rings is 1. The molecule has 4 rings (SSSR count). The molecule has 0 aliphatic carbocycles. The molecule has 0 saturated carbocycles. The molecule has 2 N–H and O–H groups in total. The lowest BCUT2D eigenvalue weighted by Gasteiger charge is -2.33. The summed E-state index contributed by atoms with van der Waals surface area (Å²) in [6.07, 6.45) is 3.65. The van der Waals surface area contributed by atoms with Gasteiger partial charge in [0, 0.05) is 47.5 Å².